The largest absolute Gasteiger partial charge is 0.400 e. The van der Waals surface area contributed by atoms with Crippen LogP contribution in [0.3, 0.4) is 0 Å². The molecule has 0 saturated carbocycles. The summed E-state index contributed by atoms with van der Waals surface area (Å²) in [5, 5.41) is 7.00. The summed E-state index contributed by atoms with van der Waals surface area (Å²) >= 11 is 0. The Bertz CT molecular complexity index is 65.7. The Kier molecular flexibility index (Phi) is 5.64. The quantitative estimate of drug-likeness (QED) is 0.560. The van der Waals surface area contributed by atoms with Gasteiger partial charge in [0.1, 0.15) is 0 Å². The Morgan fingerprint density at radius 3 is 2.20 bits per heavy atom. The average molecular weight is 146 g/mol. The predicted octanol–water partition coefficient (Wildman–Crippen LogP) is 1.43. The maximum absolute atomic E-state index is 7.00. The molecule has 2 nitrogen and oxygen atoms in total. The summed E-state index contributed by atoms with van der Waals surface area (Å²) in [6, 6.07) is 0. The lowest BCUT2D eigenvalue weighted by molar-refractivity contribution is 0.00682. The van der Waals surface area contributed by atoms with Crippen molar-refractivity contribution in [3.05, 3.63) is 0 Å². The van der Waals surface area contributed by atoms with E-state index in [1.165, 1.54) is 12.8 Å². The van der Waals surface area contributed by atoms with Crippen molar-refractivity contribution in [2.75, 3.05) is 13.7 Å². The minimum atomic E-state index is 0.513. The number of hydrogen-bond donors (Lipinski definition) is 1. The van der Waals surface area contributed by atoms with Crippen LogP contribution in [0.4, 0.5) is 0 Å². The number of ether oxygens (including phenoxy) is 1. The van der Waals surface area contributed by atoms with Crippen LogP contribution in [0.25, 0.3) is 0 Å². The van der Waals surface area contributed by atoms with E-state index < -0.39 is 0 Å². The molecule has 1 fully saturated rings. The maximum atomic E-state index is 7.00. The number of hydrogen-bond acceptors (Lipinski definition) is 2. The topological polar surface area (TPSA) is 29.5 Å². The molecule has 1 aliphatic rings. The highest BCUT2D eigenvalue weighted by atomic mass is 16.5. The van der Waals surface area contributed by atoms with E-state index in [9.17, 15) is 0 Å². The zero-order valence-electron chi connectivity index (χ0n) is 7.13. The molecule has 1 saturated heterocycles. The average Bonchev–Trinajstić information content (AvgIpc) is 1.91. The molecule has 1 heterocycles. The molecule has 2 atom stereocenters. The summed E-state index contributed by atoms with van der Waals surface area (Å²) in [7, 11) is 1.00. The highest BCUT2D eigenvalue weighted by molar-refractivity contribution is 4.63. The van der Waals surface area contributed by atoms with E-state index in [1.807, 2.05) is 0 Å². The lowest BCUT2D eigenvalue weighted by Crippen LogP contribution is -2.20. The van der Waals surface area contributed by atoms with Crippen molar-refractivity contribution in [2.45, 2.75) is 32.8 Å². The van der Waals surface area contributed by atoms with Crippen molar-refractivity contribution in [1.29, 1.82) is 0 Å². The van der Waals surface area contributed by atoms with Gasteiger partial charge in [-0.25, -0.2) is 0 Å². The first-order chi connectivity index (χ1) is 4.79. The van der Waals surface area contributed by atoms with Gasteiger partial charge in [-0.1, -0.05) is 6.92 Å². The van der Waals surface area contributed by atoms with Crippen LogP contribution in [-0.2, 0) is 4.74 Å². The molecule has 2 unspecified atom stereocenters. The predicted molar refractivity (Wildman–Crippen MR) is 42.0 cm³/mol. The van der Waals surface area contributed by atoms with Crippen molar-refractivity contribution in [3.8, 4) is 0 Å². The summed E-state index contributed by atoms with van der Waals surface area (Å²) in [6.07, 6.45) is 3.02. The first-order valence-corrected chi connectivity index (χ1v) is 3.85. The van der Waals surface area contributed by atoms with Crippen molar-refractivity contribution in [3.63, 3.8) is 0 Å². The second-order valence-corrected chi connectivity index (χ2v) is 2.81. The molecule has 0 radical (unpaired) electrons. The third kappa shape index (κ3) is 3.85. The third-order valence-electron chi connectivity index (χ3n) is 1.75. The van der Waals surface area contributed by atoms with Gasteiger partial charge in [0.25, 0.3) is 0 Å². The Morgan fingerprint density at radius 1 is 1.30 bits per heavy atom. The van der Waals surface area contributed by atoms with E-state index in [-0.39, 0.29) is 0 Å². The molecule has 10 heavy (non-hydrogen) atoms. The van der Waals surface area contributed by atoms with Crippen LogP contribution in [0.5, 0.6) is 0 Å². The standard InChI is InChI=1S/C7H14O.CH4O/c1-6-3-4-8-7(2)5-6;1-2/h6-7H,3-5H2,1-2H3;2H,1H3. The smallest absolute Gasteiger partial charge is 0.0549 e. The van der Waals surface area contributed by atoms with E-state index in [0.717, 1.165) is 19.6 Å². The van der Waals surface area contributed by atoms with Gasteiger partial charge in [0, 0.05) is 13.7 Å². The number of rotatable bonds is 0. The molecule has 0 aromatic rings. The molecule has 0 amide bonds. The van der Waals surface area contributed by atoms with Gasteiger partial charge in [-0.3, -0.25) is 0 Å². The Morgan fingerprint density at radius 2 is 1.90 bits per heavy atom. The van der Waals surface area contributed by atoms with Crippen LogP contribution in [0.1, 0.15) is 26.7 Å². The SMILES string of the molecule is CC1CCOC(C)C1.CO. The molecule has 0 aromatic heterocycles. The Hall–Kier alpha value is -0.0800. The molecule has 1 N–H and O–H groups in total. The van der Waals surface area contributed by atoms with Crippen molar-refractivity contribution < 1.29 is 9.84 Å². The highest BCUT2D eigenvalue weighted by Crippen LogP contribution is 2.18. The van der Waals surface area contributed by atoms with Crippen molar-refractivity contribution in [1.82, 2.24) is 0 Å². The van der Waals surface area contributed by atoms with Gasteiger partial charge >= 0.3 is 0 Å². The normalized spacial score (nSPS) is 32.4. The summed E-state index contributed by atoms with van der Waals surface area (Å²) < 4.78 is 5.35. The van der Waals surface area contributed by atoms with Gasteiger partial charge in [0.05, 0.1) is 6.10 Å². The van der Waals surface area contributed by atoms with Crippen LogP contribution in [0, 0.1) is 5.92 Å². The second kappa shape index (κ2) is 5.69. The van der Waals surface area contributed by atoms with E-state index in [1.54, 1.807) is 0 Å². The van der Waals surface area contributed by atoms with Crippen LogP contribution in [0.15, 0.2) is 0 Å². The van der Waals surface area contributed by atoms with Crippen LogP contribution in [0.2, 0.25) is 0 Å². The maximum Gasteiger partial charge on any atom is 0.0549 e. The van der Waals surface area contributed by atoms with Crippen LogP contribution in [-0.4, -0.2) is 24.9 Å². The molecule has 0 bridgehead atoms. The summed E-state index contributed by atoms with van der Waals surface area (Å²) in [6.45, 7) is 5.41. The highest BCUT2D eigenvalue weighted by Gasteiger charge is 2.13. The minimum absolute atomic E-state index is 0.513. The monoisotopic (exact) mass is 146 g/mol. The zero-order chi connectivity index (χ0) is 7.98. The first-order valence-electron chi connectivity index (χ1n) is 3.85. The number of aliphatic hydroxyl groups is 1. The molecule has 1 rings (SSSR count). The van der Waals surface area contributed by atoms with Gasteiger partial charge in [0.2, 0.25) is 0 Å². The van der Waals surface area contributed by atoms with Crippen LogP contribution >= 0.6 is 0 Å². The van der Waals surface area contributed by atoms with E-state index in [4.69, 9.17) is 9.84 Å². The fourth-order valence-electron chi connectivity index (χ4n) is 1.22. The van der Waals surface area contributed by atoms with Crippen molar-refractivity contribution >= 4 is 0 Å². The van der Waals surface area contributed by atoms with Gasteiger partial charge in [0.15, 0.2) is 0 Å². The summed E-state index contributed by atoms with van der Waals surface area (Å²) in [5.74, 6) is 0.888. The minimum Gasteiger partial charge on any atom is -0.400 e. The summed E-state index contributed by atoms with van der Waals surface area (Å²) in [4.78, 5) is 0. The molecule has 0 spiro atoms. The molecule has 0 aliphatic carbocycles. The third-order valence-corrected chi connectivity index (χ3v) is 1.75. The Balaban J connectivity index is 0.000000371. The molecular formula is C8H18O2. The van der Waals surface area contributed by atoms with Crippen LogP contribution < -0.4 is 0 Å². The fraction of sp³-hybridized carbons (Fsp3) is 1.00. The molecule has 62 valence electrons. The zero-order valence-corrected chi connectivity index (χ0v) is 7.13. The van der Waals surface area contributed by atoms with Crippen molar-refractivity contribution in [2.24, 2.45) is 5.92 Å². The lowest BCUT2D eigenvalue weighted by atomic mass is 9.99. The summed E-state index contributed by atoms with van der Waals surface area (Å²) in [5.41, 5.74) is 0. The van der Waals surface area contributed by atoms with Gasteiger partial charge in [-0.15, -0.1) is 0 Å². The van der Waals surface area contributed by atoms with Gasteiger partial charge < -0.3 is 9.84 Å². The second-order valence-electron chi connectivity index (χ2n) is 2.81. The lowest BCUT2D eigenvalue weighted by Gasteiger charge is -2.23. The molecule has 0 aromatic carbocycles. The van der Waals surface area contributed by atoms with Gasteiger partial charge in [-0.05, 0) is 25.7 Å². The first kappa shape index (κ1) is 9.92. The molecule has 2 heteroatoms. The van der Waals surface area contributed by atoms with E-state index in [0.29, 0.717) is 6.10 Å². The van der Waals surface area contributed by atoms with E-state index in [2.05, 4.69) is 13.8 Å². The number of aliphatic hydroxyl groups excluding tert-OH is 1. The fourth-order valence-corrected chi connectivity index (χ4v) is 1.22. The molecule has 1 aliphatic heterocycles. The molecular weight excluding hydrogens is 128 g/mol. The van der Waals surface area contributed by atoms with Gasteiger partial charge in [-0.2, -0.15) is 0 Å². The van der Waals surface area contributed by atoms with E-state index >= 15 is 0 Å². The Labute approximate surface area is 63.2 Å².